The first kappa shape index (κ1) is 19.2. The molecular formula is C21H24N4OS. The number of carbonyl (C=O) groups is 1. The molecule has 5 nitrogen and oxygen atoms in total. The lowest BCUT2D eigenvalue weighted by Crippen LogP contribution is -2.31. The number of aryl methyl sites for hydroxylation is 1. The second-order valence-electron chi connectivity index (χ2n) is 6.20. The molecule has 0 aliphatic heterocycles. The lowest BCUT2D eigenvalue weighted by molar-refractivity contribution is -0.127. The molecule has 0 saturated heterocycles. The van der Waals surface area contributed by atoms with E-state index in [-0.39, 0.29) is 5.91 Å². The number of hydrogen-bond acceptors (Lipinski definition) is 4. The van der Waals surface area contributed by atoms with Crippen molar-refractivity contribution in [1.29, 1.82) is 0 Å². The fourth-order valence-corrected chi connectivity index (χ4v) is 3.71. The SMILES string of the molecule is CCN(CC)C(=O)CSc1nnc(-c2ccccc2)n1-c1ccc(C)cc1. The van der Waals surface area contributed by atoms with E-state index in [4.69, 9.17) is 0 Å². The van der Waals surface area contributed by atoms with Crippen molar-refractivity contribution in [2.45, 2.75) is 25.9 Å². The average Bonchev–Trinajstić information content (AvgIpc) is 3.12. The van der Waals surface area contributed by atoms with Crippen molar-refractivity contribution in [2.75, 3.05) is 18.8 Å². The van der Waals surface area contributed by atoms with Crippen molar-refractivity contribution >= 4 is 17.7 Å². The predicted octanol–water partition coefficient (Wildman–Crippen LogP) is 4.20. The average molecular weight is 381 g/mol. The summed E-state index contributed by atoms with van der Waals surface area (Å²) in [6.07, 6.45) is 0. The minimum Gasteiger partial charge on any atom is -0.343 e. The highest BCUT2D eigenvalue weighted by Crippen LogP contribution is 2.28. The maximum absolute atomic E-state index is 12.4. The molecule has 3 rings (SSSR count). The van der Waals surface area contributed by atoms with Crippen molar-refractivity contribution in [3.05, 3.63) is 60.2 Å². The lowest BCUT2D eigenvalue weighted by atomic mass is 10.2. The first-order chi connectivity index (χ1) is 13.1. The minimum absolute atomic E-state index is 0.115. The van der Waals surface area contributed by atoms with Gasteiger partial charge in [-0.25, -0.2) is 0 Å². The summed E-state index contributed by atoms with van der Waals surface area (Å²) in [6.45, 7) is 7.49. The van der Waals surface area contributed by atoms with Gasteiger partial charge in [0.25, 0.3) is 0 Å². The predicted molar refractivity (Wildman–Crippen MR) is 110 cm³/mol. The van der Waals surface area contributed by atoms with Crippen molar-refractivity contribution in [3.8, 4) is 17.1 Å². The molecule has 0 saturated carbocycles. The van der Waals surface area contributed by atoms with Gasteiger partial charge in [-0.3, -0.25) is 9.36 Å². The zero-order valence-electron chi connectivity index (χ0n) is 15.9. The quantitative estimate of drug-likeness (QED) is 0.576. The van der Waals surface area contributed by atoms with Gasteiger partial charge in [0.2, 0.25) is 5.91 Å². The van der Waals surface area contributed by atoms with Crippen LogP contribution >= 0.6 is 11.8 Å². The normalized spacial score (nSPS) is 10.8. The lowest BCUT2D eigenvalue weighted by Gasteiger charge is -2.18. The Labute approximate surface area is 164 Å². The van der Waals surface area contributed by atoms with Crippen LogP contribution in [0.3, 0.4) is 0 Å². The van der Waals surface area contributed by atoms with Gasteiger partial charge in [-0.1, -0.05) is 59.8 Å². The number of aromatic nitrogens is 3. The van der Waals surface area contributed by atoms with E-state index < -0.39 is 0 Å². The summed E-state index contributed by atoms with van der Waals surface area (Å²) in [4.78, 5) is 14.2. The van der Waals surface area contributed by atoms with Gasteiger partial charge in [-0.05, 0) is 32.9 Å². The van der Waals surface area contributed by atoms with Gasteiger partial charge in [-0.15, -0.1) is 10.2 Å². The minimum atomic E-state index is 0.115. The van der Waals surface area contributed by atoms with Crippen molar-refractivity contribution < 1.29 is 4.79 Å². The van der Waals surface area contributed by atoms with Gasteiger partial charge in [0.05, 0.1) is 5.75 Å². The van der Waals surface area contributed by atoms with E-state index in [1.165, 1.54) is 17.3 Å². The first-order valence-corrected chi connectivity index (χ1v) is 10.1. The molecule has 3 aromatic rings. The summed E-state index contributed by atoms with van der Waals surface area (Å²) in [6, 6.07) is 18.2. The van der Waals surface area contributed by atoms with Crippen LogP contribution in [0.5, 0.6) is 0 Å². The zero-order valence-corrected chi connectivity index (χ0v) is 16.7. The second-order valence-corrected chi connectivity index (χ2v) is 7.14. The van der Waals surface area contributed by atoms with Crippen LogP contribution in [-0.2, 0) is 4.79 Å². The van der Waals surface area contributed by atoms with E-state index >= 15 is 0 Å². The molecule has 1 aromatic heterocycles. The van der Waals surface area contributed by atoms with Crippen LogP contribution < -0.4 is 0 Å². The largest absolute Gasteiger partial charge is 0.343 e. The monoisotopic (exact) mass is 380 g/mol. The highest BCUT2D eigenvalue weighted by molar-refractivity contribution is 7.99. The topological polar surface area (TPSA) is 51.0 Å². The van der Waals surface area contributed by atoms with Crippen LogP contribution in [0, 0.1) is 6.92 Å². The van der Waals surface area contributed by atoms with Crippen LogP contribution in [0.4, 0.5) is 0 Å². The summed E-state index contributed by atoms with van der Waals surface area (Å²) in [5.74, 6) is 1.24. The molecule has 6 heteroatoms. The van der Waals surface area contributed by atoms with Crippen LogP contribution in [0.15, 0.2) is 59.8 Å². The number of rotatable bonds is 7. The molecule has 0 atom stereocenters. The zero-order chi connectivity index (χ0) is 19.2. The Bertz CT molecular complexity index is 886. The summed E-state index contributed by atoms with van der Waals surface area (Å²) in [7, 11) is 0. The van der Waals surface area contributed by atoms with Crippen molar-refractivity contribution in [1.82, 2.24) is 19.7 Å². The first-order valence-electron chi connectivity index (χ1n) is 9.12. The van der Waals surface area contributed by atoms with Gasteiger partial charge in [0, 0.05) is 24.3 Å². The third-order valence-electron chi connectivity index (χ3n) is 4.40. The van der Waals surface area contributed by atoms with Crippen molar-refractivity contribution in [3.63, 3.8) is 0 Å². The smallest absolute Gasteiger partial charge is 0.233 e. The molecule has 1 heterocycles. The summed E-state index contributed by atoms with van der Waals surface area (Å²) in [5.41, 5.74) is 3.17. The van der Waals surface area contributed by atoms with E-state index in [1.807, 2.05) is 53.6 Å². The van der Waals surface area contributed by atoms with E-state index in [2.05, 4.69) is 41.4 Å². The van der Waals surface area contributed by atoms with Crippen LogP contribution in [0.1, 0.15) is 19.4 Å². The van der Waals surface area contributed by atoms with Gasteiger partial charge in [0.15, 0.2) is 11.0 Å². The van der Waals surface area contributed by atoms with Crippen LogP contribution in [0.2, 0.25) is 0 Å². The van der Waals surface area contributed by atoms with Crippen molar-refractivity contribution in [2.24, 2.45) is 0 Å². The Hall–Kier alpha value is -2.60. The third-order valence-corrected chi connectivity index (χ3v) is 5.31. The standard InChI is InChI=1S/C21H24N4OS/c1-4-24(5-2)19(26)15-27-21-23-22-20(17-9-7-6-8-10-17)25(21)18-13-11-16(3)12-14-18/h6-14H,4-5,15H2,1-3H3. The Kier molecular flexibility index (Phi) is 6.29. The van der Waals surface area contributed by atoms with E-state index in [0.29, 0.717) is 5.75 Å². The van der Waals surface area contributed by atoms with Crippen LogP contribution in [-0.4, -0.2) is 44.4 Å². The van der Waals surface area contributed by atoms with E-state index in [9.17, 15) is 4.79 Å². The number of amides is 1. The Morgan fingerprint density at radius 2 is 1.67 bits per heavy atom. The number of nitrogens with zero attached hydrogens (tertiary/aromatic N) is 4. The molecule has 0 aliphatic rings. The van der Waals surface area contributed by atoms with Gasteiger partial charge >= 0.3 is 0 Å². The highest BCUT2D eigenvalue weighted by atomic mass is 32.2. The maximum Gasteiger partial charge on any atom is 0.233 e. The Morgan fingerprint density at radius 3 is 2.30 bits per heavy atom. The molecule has 0 fully saturated rings. The third kappa shape index (κ3) is 4.39. The number of benzene rings is 2. The molecule has 0 unspecified atom stereocenters. The Balaban J connectivity index is 1.95. The molecule has 0 bridgehead atoms. The summed E-state index contributed by atoms with van der Waals surface area (Å²) < 4.78 is 2.02. The fraction of sp³-hybridized carbons (Fsp3) is 0.286. The molecule has 1 amide bonds. The number of thioether (sulfide) groups is 1. The maximum atomic E-state index is 12.4. The fourth-order valence-electron chi connectivity index (χ4n) is 2.86. The Morgan fingerprint density at radius 1 is 1.00 bits per heavy atom. The molecule has 0 spiro atoms. The van der Waals surface area contributed by atoms with Gasteiger partial charge in [0.1, 0.15) is 0 Å². The van der Waals surface area contributed by atoms with Gasteiger partial charge < -0.3 is 4.90 Å². The summed E-state index contributed by atoms with van der Waals surface area (Å²) in [5, 5.41) is 9.52. The number of carbonyl (C=O) groups excluding carboxylic acids is 1. The molecule has 140 valence electrons. The molecular weight excluding hydrogens is 356 g/mol. The van der Waals surface area contributed by atoms with Gasteiger partial charge in [-0.2, -0.15) is 0 Å². The van der Waals surface area contributed by atoms with E-state index in [1.54, 1.807) is 0 Å². The second kappa shape index (κ2) is 8.86. The highest BCUT2D eigenvalue weighted by Gasteiger charge is 2.18. The number of hydrogen-bond donors (Lipinski definition) is 0. The molecule has 27 heavy (non-hydrogen) atoms. The summed E-state index contributed by atoms with van der Waals surface area (Å²) >= 11 is 1.43. The molecule has 0 N–H and O–H groups in total. The van der Waals surface area contributed by atoms with Crippen LogP contribution in [0.25, 0.3) is 17.1 Å². The molecule has 0 aliphatic carbocycles. The van der Waals surface area contributed by atoms with E-state index in [0.717, 1.165) is 35.3 Å². The molecule has 2 aromatic carbocycles. The molecule has 0 radical (unpaired) electrons.